The smallest absolute Gasteiger partial charge is 0.548 e. The summed E-state index contributed by atoms with van der Waals surface area (Å²) in [6, 6.07) is 0. The molecule has 0 saturated heterocycles. The van der Waals surface area contributed by atoms with E-state index in [9.17, 15) is 9.90 Å². The predicted octanol–water partition coefficient (Wildman–Crippen LogP) is -0.679. The Balaban J connectivity index is 0. The van der Waals surface area contributed by atoms with Gasteiger partial charge in [0.25, 0.3) is 0 Å². The van der Waals surface area contributed by atoms with E-state index < -0.39 is 5.97 Å². The van der Waals surface area contributed by atoms with E-state index in [1.165, 1.54) is 51.4 Å². The minimum Gasteiger partial charge on any atom is -0.548 e. The number of rotatable bonds is 18. The summed E-state index contributed by atoms with van der Waals surface area (Å²) in [5.41, 5.74) is 0. The summed E-state index contributed by atoms with van der Waals surface area (Å²) in [5, 5.41) is 10.1. The van der Waals surface area contributed by atoms with Crippen LogP contribution < -0.4 is 34.7 Å². The molecule has 0 N–H and O–H groups in total. The molecular weight excluding hydrogens is 307 g/mol. The number of carbonyl (C=O) groups is 1. The van der Waals surface area contributed by atoms with Crippen LogP contribution in [0.15, 0.2) is 0 Å². The number of carbonyl (C=O) groups excluding carboxylic acids is 1. The second-order valence-corrected chi connectivity index (χ2v) is 5.48. The van der Waals surface area contributed by atoms with E-state index >= 15 is 0 Å². The number of unbranched alkanes of at least 4 members (excludes halogenated alkanes) is 8. The third kappa shape index (κ3) is 24.7. The molecule has 0 rings (SSSR count). The van der Waals surface area contributed by atoms with E-state index in [0.29, 0.717) is 19.8 Å². The Kier molecular flexibility index (Phi) is 24.9. The predicted molar refractivity (Wildman–Crippen MR) is 84.7 cm³/mol. The second kappa shape index (κ2) is 22.4. The maximum absolute atomic E-state index is 10.1. The van der Waals surface area contributed by atoms with Crippen molar-refractivity contribution in [3.05, 3.63) is 0 Å². The third-order valence-electron chi connectivity index (χ3n) is 3.36. The van der Waals surface area contributed by atoms with Crippen LogP contribution in [0.2, 0.25) is 0 Å². The van der Waals surface area contributed by atoms with Gasteiger partial charge < -0.3 is 24.1 Å². The number of carboxylic acids is 1. The molecule has 0 aromatic rings. The molecule has 5 nitrogen and oxygen atoms in total. The topological polar surface area (TPSA) is 67.8 Å². The number of carboxylic acid groups (broad SMARTS) is 1. The number of hydrogen-bond donors (Lipinski definition) is 0. The summed E-state index contributed by atoms with van der Waals surface area (Å²) < 4.78 is 15.5. The van der Waals surface area contributed by atoms with Crippen LogP contribution in [0.3, 0.4) is 0 Å². The van der Waals surface area contributed by atoms with E-state index in [1.807, 2.05) is 0 Å². The van der Waals surface area contributed by atoms with Crippen molar-refractivity contribution in [3.63, 3.8) is 0 Å². The molecule has 0 amide bonds. The molecule has 23 heavy (non-hydrogen) atoms. The van der Waals surface area contributed by atoms with Crippen LogP contribution in [0.1, 0.15) is 64.7 Å². The van der Waals surface area contributed by atoms with Gasteiger partial charge in [0.15, 0.2) is 0 Å². The second-order valence-electron chi connectivity index (χ2n) is 5.48. The number of ether oxygens (including phenoxy) is 3. The first-order valence-corrected chi connectivity index (χ1v) is 8.70. The van der Waals surface area contributed by atoms with Crippen LogP contribution in [0.25, 0.3) is 0 Å². The fraction of sp³-hybridized carbons (Fsp3) is 0.941. The van der Waals surface area contributed by atoms with Crippen molar-refractivity contribution in [3.8, 4) is 0 Å². The monoisotopic (exact) mass is 340 g/mol. The first-order chi connectivity index (χ1) is 10.8. The Labute approximate surface area is 163 Å². The summed E-state index contributed by atoms with van der Waals surface area (Å²) in [6.07, 6.45) is 11.8. The van der Waals surface area contributed by atoms with Crippen LogP contribution in [0.4, 0.5) is 0 Å². The Morgan fingerprint density at radius 3 is 1.65 bits per heavy atom. The van der Waals surface area contributed by atoms with Gasteiger partial charge in [0.05, 0.1) is 39.0 Å². The Bertz CT molecular complexity index is 239. The van der Waals surface area contributed by atoms with Gasteiger partial charge in [0, 0.05) is 6.61 Å². The molecule has 0 atom stereocenters. The van der Waals surface area contributed by atoms with Crippen molar-refractivity contribution < 1.29 is 53.7 Å². The van der Waals surface area contributed by atoms with Crippen molar-refractivity contribution in [2.75, 3.05) is 39.6 Å². The van der Waals surface area contributed by atoms with Gasteiger partial charge in [-0.3, -0.25) is 0 Å². The Morgan fingerprint density at radius 1 is 0.696 bits per heavy atom. The van der Waals surface area contributed by atoms with Crippen molar-refractivity contribution in [2.24, 2.45) is 0 Å². The Hall–Kier alpha value is 0.350. The molecule has 0 aromatic heterocycles. The summed E-state index contributed by atoms with van der Waals surface area (Å²) in [5.74, 6) is -1.20. The SMILES string of the molecule is CCCCCCCCCCCOCCOCCOCC(=O)[O-].[Na+]. The molecule has 0 saturated carbocycles. The van der Waals surface area contributed by atoms with E-state index in [1.54, 1.807) is 0 Å². The molecule has 0 spiro atoms. The van der Waals surface area contributed by atoms with Crippen LogP contribution in [0.5, 0.6) is 0 Å². The largest absolute Gasteiger partial charge is 1.00 e. The number of aliphatic carboxylic acids is 1. The van der Waals surface area contributed by atoms with Gasteiger partial charge in [0.1, 0.15) is 0 Å². The molecule has 0 aliphatic rings. The van der Waals surface area contributed by atoms with Crippen LogP contribution in [0, 0.1) is 0 Å². The first-order valence-electron chi connectivity index (χ1n) is 8.70. The Morgan fingerprint density at radius 2 is 1.13 bits per heavy atom. The normalized spacial score (nSPS) is 10.5. The minimum atomic E-state index is -1.20. The standard InChI is InChI=1S/C17H34O5.Na/c1-2-3-4-5-6-7-8-9-10-11-20-12-13-21-14-15-22-16-17(18)19;/h2-16H2,1H3,(H,18,19);/q;+1/p-1. The third-order valence-corrected chi connectivity index (χ3v) is 3.36. The molecule has 0 bridgehead atoms. The van der Waals surface area contributed by atoms with Gasteiger partial charge in [-0.05, 0) is 6.42 Å². The molecule has 132 valence electrons. The van der Waals surface area contributed by atoms with Crippen molar-refractivity contribution >= 4 is 5.97 Å². The van der Waals surface area contributed by atoms with Crippen molar-refractivity contribution in [1.29, 1.82) is 0 Å². The summed E-state index contributed by atoms with van der Waals surface area (Å²) in [4.78, 5) is 10.1. The first kappa shape index (κ1) is 25.6. The van der Waals surface area contributed by atoms with Gasteiger partial charge >= 0.3 is 29.6 Å². The van der Waals surface area contributed by atoms with Gasteiger partial charge in [-0.15, -0.1) is 0 Å². The minimum absolute atomic E-state index is 0. The zero-order chi connectivity index (χ0) is 16.3. The van der Waals surface area contributed by atoms with E-state index in [2.05, 4.69) is 6.92 Å². The van der Waals surface area contributed by atoms with Crippen LogP contribution in [-0.2, 0) is 19.0 Å². The van der Waals surface area contributed by atoms with Crippen molar-refractivity contribution in [1.82, 2.24) is 0 Å². The van der Waals surface area contributed by atoms with Crippen LogP contribution >= 0.6 is 0 Å². The van der Waals surface area contributed by atoms with E-state index in [-0.39, 0.29) is 42.8 Å². The maximum atomic E-state index is 10.1. The fourth-order valence-corrected chi connectivity index (χ4v) is 2.11. The number of hydrogen-bond acceptors (Lipinski definition) is 5. The fourth-order valence-electron chi connectivity index (χ4n) is 2.11. The van der Waals surface area contributed by atoms with Crippen LogP contribution in [-0.4, -0.2) is 45.6 Å². The summed E-state index contributed by atoms with van der Waals surface area (Å²) in [6.45, 7) is 4.42. The summed E-state index contributed by atoms with van der Waals surface area (Å²) >= 11 is 0. The zero-order valence-electron chi connectivity index (χ0n) is 15.1. The molecule has 0 aliphatic carbocycles. The molecule has 0 fully saturated rings. The van der Waals surface area contributed by atoms with Gasteiger partial charge in [-0.25, -0.2) is 0 Å². The van der Waals surface area contributed by atoms with Gasteiger partial charge in [-0.1, -0.05) is 58.3 Å². The van der Waals surface area contributed by atoms with Gasteiger partial charge in [0.2, 0.25) is 0 Å². The average molecular weight is 340 g/mol. The maximum Gasteiger partial charge on any atom is 1.00 e. The van der Waals surface area contributed by atoms with E-state index in [0.717, 1.165) is 13.0 Å². The van der Waals surface area contributed by atoms with E-state index in [4.69, 9.17) is 14.2 Å². The molecule has 0 heterocycles. The van der Waals surface area contributed by atoms with Gasteiger partial charge in [-0.2, -0.15) is 0 Å². The molecule has 0 aromatic carbocycles. The molecular formula is C17H33NaO5. The molecule has 0 unspecified atom stereocenters. The summed E-state index contributed by atoms with van der Waals surface area (Å²) in [7, 11) is 0. The quantitative estimate of drug-likeness (QED) is 0.244. The molecule has 0 aliphatic heterocycles. The average Bonchev–Trinajstić information content (AvgIpc) is 2.50. The van der Waals surface area contributed by atoms with Crippen molar-refractivity contribution in [2.45, 2.75) is 64.7 Å². The molecule has 6 heteroatoms. The molecule has 0 radical (unpaired) electrons. The zero-order valence-corrected chi connectivity index (χ0v) is 17.1.